The molecule has 0 radical (unpaired) electrons. The fourth-order valence-electron chi connectivity index (χ4n) is 1.17. The number of hydrogen-bond acceptors (Lipinski definition) is 2. The summed E-state index contributed by atoms with van der Waals surface area (Å²) in [5, 5.41) is 0. The summed E-state index contributed by atoms with van der Waals surface area (Å²) in [6.45, 7) is 5.95. The molecule has 100 valence electrons. The number of alkyl halides is 3. The summed E-state index contributed by atoms with van der Waals surface area (Å²) >= 11 is 1.68. The van der Waals surface area contributed by atoms with E-state index in [0.717, 1.165) is 24.4 Å². The van der Waals surface area contributed by atoms with Gasteiger partial charge in [0.2, 0.25) is 0 Å². The van der Waals surface area contributed by atoms with Crippen molar-refractivity contribution < 1.29 is 13.2 Å². The fraction of sp³-hybridized carbons (Fsp3) is 0.667. The lowest BCUT2D eigenvalue weighted by molar-refractivity contribution is -0.0884. The van der Waals surface area contributed by atoms with Gasteiger partial charge in [-0.25, -0.2) is 0 Å². The van der Waals surface area contributed by atoms with Gasteiger partial charge in [0.1, 0.15) is 0 Å². The summed E-state index contributed by atoms with van der Waals surface area (Å²) < 4.78 is 37.5. The van der Waals surface area contributed by atoms with Gasteiger partial charge in [-0.1, -0.05) is 26.8 Å². The van der Waals surface area contributed by atoms with E-state index in [1.807, 2.05) is 13.8 Å². The molecule has 0 aromatic rings. The second kappa shape index (κ2) is 6.99. The van der Waals surface area contributed by atoms with E-state index >= 15 is 0 Å². The molecule has 0 amide bonds. The van der Waals surface area contributed by atoms with Crippen molar-refractivity contribution in [3.05, 3.63) is 23.9 Å². The number of allylic oxidation sites excluding steroid dienone is 3. The molecule has 0 aromatic heterocycles. The molecule has 0 aliphatic carbocycles. The van der Waals surface area contributed by atoms with Crippen LogP contribution in [0.4, 0.5) is 13.2 Å². The molecule has 0 unspecified atom stereocenters. The van der Waals surface area contributed by atoms with Crippen LogP contribution in [0.15, 0.2) is 23.9 Å². The maximum atomic E-state index is 12.6. The van der Waals surface area contributed by atoms with Crippen molar-refractivity contribution in [1.82, 2.24) is 0 Å². The van der Waals surface area contributed by atoms with E-state index in [9.17, 15) is 13.2 Å². The van der Waals surface area contributed by atoms with E-state index in [2.05, 4.69) is 6.92 Å². The lowest BCUT2D eigenvalue weighted by atomic mass is 10.1. The van der Waals surface area contributed by atoms with Crippen LogP contribution < -0.4 is 5.73 Å². The lowest BCUT2D eigenvalue weighted by Gasteiger charge is -2.22. The first-order valence-electron chi connectivity index (χ1n) is 5.52. The molecule has 0 heterocycles. The Labute approximate surface area is 105 Å². The van der Waals surface area contributed by atoms with Crippen LogP contribution in [0.5, 0.6) is 0 Å². The van der Waals surface area contributed by atoms with Gasteiger partial charge < -0.3 is 5.73 Å². The first-order valence-corrected chi connectivity index (χ1v) is 6.51. The minimum atomic E-state index is -4.33. The molecule has 0 bridgehead atoms. The van der Waals surface area contributed by atoms with Crippen molar-refractivity contribution in [2.45, 2.75) is 44.5 Å². The van der Waals surface area contributed by atoms with Crippen LogP contribution in [0.2, 0.25) is 0 Å². The van der Waals surface area contributed by atoms with Crippen molar-refractivity contribution in [2.75, 3.05) is 5.75 Å². The minimum Gasteiger partial charge on any atom is -0.405 e. The largest absolute Gasteiger partial charge is 0.416 e. The van der Waals surface area contributed by atoms with Crippen LogP contribution in [0.1, 0.15) is 33.6 Å². The molecule has 0 aromatic carbocycles. The molecule has 0 aliphatic rings. The molecule has 5 heteroatoms. The molecule has 0 spiro atoms. The third kappa shape index (κ3) is 7.36. The zero-order valence-electron chi connectivity index (χ0n) is 10.5. The first-order chi connectivity index (χ1) is 7.73. The molecule has 1 nitrogen and oxygen atoms in total. The van der Waals surface area contributed by atoms with E-state index in [-0.39, 0.29) is 4.75 Å². The van der Waals surface area contributed by atoms with Gasteiger partial charge >= 0.3 is 6.18 Å². The number of hydrogen-bond donors (Lipinski definition) is 1. The molecular formula is C12H20F3NS. The highest BCUT2D eigenvalue weighted by atomic mass is 32.2. The highest BCUT2D eigenvalue weighted by Crippen LogP contribution is 2.32. The molecule has 0 fully saturated rings. The average molecular weight is 267 g/mol. The van der Waals surface area contributed by atoms with Crippen molar-refractivity contribution in [3.63, 3.8) is 0 Å². The zero-order valence-corrected chi connectivity index (χ0v) is 11.3. The molecule has 0 rings (SSSR count). The molecular weight excluding hydrogens is 247 g/mol. The van der Waals surface area contributed by atoms with E-state index < -0.39 is 11.7 Å². The number of thioether (sulfide) groups is 1. The predicted molar refractivity (Wildman–Crippen MR) is 68.9 cm³/mol. The summed E-state index contributed by atoms with van der Waals surface area (Å²) in [5.74, 6) is 0.953. The van der Waals surface area contributed by atoms with E-state index in [1.165, 1.54) is 6.08 Å². The van der Waals surface area contributed by atoms with Crippen molar-refractivity contribution in [3.8, 4) is 0 Å². The number of nitrogens with two attached hydrogens (primary N) is 1. The quantitative estimate of drug-likeness (QED) is 0.728. The van der Waals surface area contributed by atoms with E-state index in [4.69, 9.17) is 5.73 Å². The predicted octanol–water partition coefficient (Wildman–Crippen LogP) is 4.26. The van der Waals surface area contributed by atoms with Gasteiger partial charge in [-0.2, -0.15) is 24.9 Å². The molecule has 0 atom stereocenters. The van der Waals surface area contributed by atoms with Gasteiger partial charge in [0.25, 0.3) is 0 Å². The summed E-state index contributed by atoms with van der Waals surface area (Å²) in [5.41, 5.74) is 4.34. The lowest BCUT2D eigenvalue weighted by Crippen LogP contribution is -2.16. The SMILES string of the molecule is CCCSC(C)(C)CC=C(/C=C\N)C(F)(F)F. The minimum absolute atomic E-state index is 0.186. The van der Waals surface area contributed by atoms with Gasteiger partial charge in [-0.3, -0.25) is 0 Å². The van der Waals surface area contributed by atoms with Gasteiger partial charge in [0.05, 0.1) is 5.57 Å². The van der Waals surface area contributed by atoms with Crippen LogP contribution in [0, 0.1) is 0 Å². The highest BCUT2D eigenvalue weighted by Gasteiger charge is 2.32. The Morgan fingerprint density at radius 1 is 1.29 bits per heavy atom. The number of rotatable bonds is 6. The van der Waals surface area contributed by atoms with E-state index in [1.54, 1.807) is 11.8 Å². The third-order valence-electron chi connectivity index (χ3n) is 2.11. The zero-order chi connectivity index (χ0) is 13.5. The Morgan fingerprint density at radius 2 is 1.88 bits per heavy atom. The average Bonchev–Trinajstić information content (AvgIpc) is 2.19. The fourth-order valence-corrected chi connectivity index (χ4v) is 2.13. The number of halogens is 3. The second-order valence-electron chi connectivity index (χ2n) is 4.33. The smallest absolute Gasteiger partial charge is 0.405 e. The summed E-state index contributed by atoms with van der Waals surface area (Å²) in [6.07, 6.45) is 0.100. The molecule has 0 saturated heterocycles. The summed E-state index contributed by atoms with van der Waals surface area (Å²) in [7, 11) is 0. The van der Waals surface area contributed by atoms with Crippen LogP contribution in [-0.2, 0) is 0 Å². The molecule has 17 heavy (non-hydrogen) atoms. The van der Waals surface area contributed by atoms with Crippen molar-refractivity contribution in [1.29, 1.82) is 0 Å². The summed E-state index contributed by atoms with van der Waals surface area (Å²) in [4.78, 5) is 0. The Balaban J connectivity index is 4.64. The Morgan fingerprint density at radius 3 is 2.29 bits per heavy atom. The van der Waals surface area contributed by atoms with Gasteiger partial charge in [-0.15, -0.1) is 0 Å². The summed E-state index contributed by atoms with van der Waals surface area (Å²) in [6, 6.07) is 0. The second-order valence-corrected chi connectivity index (χ2v) is 6.13. The normalized spacial score (nSPS) is 14.6. The standard InChI is InChI=1S/C12H20F3NS/c1-4-9-17-11(2,3)7-5-10(6-8-16)12(13,14)15/h5-6,8H,4,7,9,16H2,1-3H3/b8-6-,10-5?. The maximum Gasteiger partial charge on any atom is 0.416 e. The van der Waals surface area contributed by atoms with E-state index in [0.29, 0.717) is 6.42 Å². The van der Waals surface area contributed by atoms with Crippen LogP contribution >= 0.6 is 11.8 Å². The Bertz CT molecular complexity index is 280. The Kier molecular flexibility index (Phi) is 6.75. The van der Waals surface area contributed by atoms with Gasteiger partial charge in [0.15, 0.2) is 0 Å². The monoisotopic (exact) mass is 267 g/mol. The highest BCUT2D eigenvalue weighted by molar-refractivity contribution is 8.00. The molecule has 0 saturated carbocycles. The first kappa shape index (κ1) is 16.4. The van der Waals surface area contributed by atoms with Gasteiger partial charge in [0, 0.05) is 4.75 Å². The Hall–Kier alpha value is -0.580. The van der Waals surface area contributed by atoms with Crippen LogP contribution in [0.3, 0.4) is 0 Å². The third-order valence-corrected chi connectivity index (χ3v) is 3.67. The van der Waals surface area contributed by atoms with Crippen LogP contribution in [-0.4, -0.2) is 16.7 Å². The van der Waals surface area contributed by atoms with Crippen molar-refractivity contribution >= 4 is 11.8 Å². The molecule has 0 aliphatic heterocycles. The molecule has 2 N–H and O–H groups in total. The van der Waals surface area contributed by atoms with Crippen molar-refractivity contribution in [2.24, 2.45) is 5.73 Å². The topological polar surface area (TPSA) is 26.0 Å². The van der Waals surface area contributed by atoms with Crippen LogP contribution in [0.25, 0.3) is 0 Å². The maximum absolute atomic E-state index is 12.6. The van der Waals surface area contributed by atoms with Gasteiger partial charge in [-0.05, 0) is 30.9 Å².